The second kappa shape index (κ2) is 12.6. The number of pyridine rings is 1. The van der Waals surface area contributed by atoms with Crippen LogP contribution in [0.3, 0.4) is 0 Å². The summed E-state index contributed by atoms with van der Waals surface area (Å²) in [5.74, 6) is 1.37. The van der Waals surface area contributed by atoms with Crippen molar-refractivity contribution >= 4 is 29.9 Å². The van der Waals surface area contributed by atoms with Crippen LogP contribution in [0.1, 0.15) is 16.7 Å². The maximum atomic E-state index is 5.45. The van der Waals surface area contributed by atoms with Gasteiger partial charge < -0.3 is 20.1 Å². The van der Waals surface area contributed by atoms with Gasteiger partial charge in [0.1, 0.15) is 0 Å². The molecule has 3 rings (SSSR count). The predicted molar refractivity (Wildman–Crippen MR) is 126 cm³/mol. The van der Waals surface area contributed by atoms with Gasteiger partial charge in [0.15, 0.2) is 5.96 Å². The van der Waals surface area contributed by atoms with Crippen molar-refractivity contribution in [2.75, 3.05) is 40.5 Å². The van der Waals surface area contributed by atoms with E-state index in [0.29, 0.717) is 12.4 Å². The van der Waals surface area contributed by atoms with Crippen molar-refractivity contribution in [2.24, 2.45) is 4.99 Å². The lowest BCUT2D eigenvalue weighted by molar-refractivity contribution is 0.0341. The Labute approximate surface area is 189 Å². The summed E-state index contributed by atoms with van der Waals surface area (Å²) in [5.41, 5.74) is 3.70. The molecule has 8 heteroatoms. The van der Waals surface area contributed by atoms with Crippen molar-refractivity contribution < 1.29 is 9.47 Å². The maximum Gasteiger partial charge on any atom is 0.213 e. The van der Waals surface area contributed by atoms with Crippen LogP contribution in [0.25, 0.3) is 0 Å². The lowest BCUT2D eigenvalue weighted by Crippen LogP contribution is -2.37. The zero-order chi connectivity index (χ0) is 19.6. The average molecular weight is 511 g/mol. The molecule has 1 saturated heterocycles. The van der Waals surface area contributed by atoms with Gasteiger partial charge in [0.2, 0.25) is 5.88 Å². The van der Waals surface area contributed by atoms with Crippen LogP contribution in [0.15, 0.2) is 47.6 Å². The minimum Gasteiger partial charge on any atom is -0.481 e. The second-order valence-corrected chi connectivity index (χ2v) is 6.64. The first kappa shape index (κ1) is 23.4. The quantitative estimate of drug-likeness (QED) is 0.338. The summed E-state index contributed by atoms with van der Waals surface area (Å²) in [6.45, 7) is 5.92. The molecule has 7 nitrogen and oxygen atoms in total. The van der Waals surface area contributed by atoms with Gasteiger partial charge in [-0.25, -0.2) is 4.98 Å². The number of methoxy groups -OCH3 is 1. The number of halogens is 1. The molecule has 1 aromatic heterocycles. The summed E-state index contributed by atoms with van der Waals surface area (Å²) < 4.78 is 10.6. The molecule has 0 amide bonds. The van der Waals surface area contributed by atoms with Crippen LogP contribution in [0.5, 0.6) is 5.88 Å². The molecule has 1 aliphatic heterocycles. The summed E-state index contributed by atoms with van der Waals surface area (Å²) in [6.07, 6.45) is 1.74. The van der Waals surface area contributed by atoms with Crippen molar-refractivity contribution in [1.29, 1.82) is 0 Å². The largest absolute Gasteiger partial charge is 0.481 e. The Kier molecular flexibility index (Phi) is 10.2. The molecule has 2 aromatic rings. The standard InChI is InChI=1S/C21H29N5O2.HI/c1-22-21(24-14-17-7-8-23-20(13-17)27-2)25-15-18-5-3-4-6-19(18)16-26-9-11-28-12-10-26;/h3-8,13H,9-12,14-16H2,1-2H3,(H2,22,24,25);1H. The number of aliphatic imine (C=N–C) groups is 1. The first-order chi connectivity index (χ1) is 13.8. The van der Waals surface area contributed by atoms with Crippen molar-refractivity contribution in [3.8, 4) is 5.88 Å². The third kappa shape index (κ3) is 7.45. The molecule has 2 N–H and O–H groups in total. The van der Waals surface area contributed by atoms with E-state index in [1.165, 1.54) is 11.1 Å². The summed E-state index contributed by atoms with van der Waals surface area (Å²) in [7, 11) is 3.40. The Morgan fingerprint density at radius 3 is 2.59 bits per heavy atom. The van der Waals surface area contributed by atoms with Gasteiger partial charge in [-0.15, -0.1) is 24.0 Å². The van der Waals surface area contributed by atoms with Crippen LogP contribution in [-0.2, 0) is 24.4 Å². The number of ether oxygens (including phenoxy) is 2. The Morgan fingerprint density at radius 2 is 1.86 bits per heavy atom. The minimum atomic E-state index is 0. The Balaban J connectivity index is 0.00000300. The van der Waals surface area contributed by atoms with Crippen molar-refractivity contribution in [1.82, 2.24) is 20.5 Å². The van der Waals surface area contributed by atoms with Gasteiger partial charge in [-0.3, -0.25) is 9.89 Å². The molecule has 1 aliphatic rings. The third-order valence-corrected chi connectivity index (χ3v) is 4.75. The Bertz CT molecular complexity index is 781. The van der Waals surface area contributed by atoms with E-state index in [-0.39, 0.29) is 24.0 Å². The fraction of sp³-hybridized carbons (Fsp3) is 0.429. The number of nitrogens with zero attached hydrogens (tertiary/aromatic N) is 3. The van der Waals surface area contributed by atoms with Crippen LogP contribution in [0.2, 0.25) is 0 Å². The number of nitrogens with one attached hydrogen (secondary N) is 2. The van der Waals surface area contributed by atoms with Gasteiger partial charge in [0.05, 0.1) is 20.3 Å². The summed E-state index contributed by atoms with van der Waals surface area (Å²) in [6, 6.07) is 12.4. The number of morpholine rings is 1. The Morgan fingerprint density at radius 1 is 1.14 bits per heavy atom. The van der Waals surface area contributed by atoms with Crippen LogP contribution in [0.4, 0.5) is 0 Å². The molecule has 29 heavy (non-hydrogen) atoms. The number of hydrogen-bond acceptors (Lipinski definition) is 5. The van der Waals surface area contributed by atoms with Gasteiger partial charge in [0, 0.05) is 52.0 Å². The van der Waals surface area contributed by atoms with Gasteiger partial charge in [0.25, 0.3) is 0 Å². The predicted octanol–water partition coefficient (Wildman–Crippen LogP) is 2.41. The average Bonchev–Trinajstić information content (AvgIpc) is 2.76. The molecule has 0 unspecified atom stereocenters. The van der Waals surface area contributed by atoms with E-state index in [1.807, 2.05) is 12.1 Å². The molecule has 0 spiro atoms. The van der Waals surface area contributed by atoms with Crippen molar-refractivity contribution in [3.63, 3.8) is 0 Å². The lowest BCUT2D eigenvalue weighted by atomic mass is 10.1. The van der Waals surface area contributed by atoms with E-state index in [0.717, 1.165) is 50.9 Å². The van der Waals surface area contributed by atoms with Crippen LogP contribution in [-0.4, -0.2) is 56.3 Å². The fourth-order valence-corrected chi connectivity index (χ4v) is 3.14. The van der Waals surface area contributed by atoms with Gasteiger partial charge in [-0.05, 0) is 22.8 Å². The molecule has 0 bridgehead atoms. The highest BCUT2D eigenvalue weighted by atomic mass is 127. The molecule has 0 atom stereocenters. The molecule has 158 valence electrons. The molecule has 0 radical (unpaired) electrons. The van der Waals surface area contributed by atoms with E-state index >= 15 is 0 Å². The van der Waals surface area contributed by atoms with E-state index in [2.05, 4.69) is 49.8 Å². The Hall–Kier alpha value is -1.91. The number of benzene rings is 1. The first-order valence-electron chi connectivity index (χ1n) is 9.59. The van der Waals surface area contributed by atoms with E-state index < -0.39 is 0 Å². The maximum absolute atomic E-state index is 5.45. The van der Waals surface area contributed by atoms with E-state index in [9.17, 15) is 0 Å². The van der Waals surface area contributed by atoms with Crippen molar-refractivity contribution in [2.45, 2.75) is 19.6 Å². The van der Waals surface area contributed by atoms with Gasteiger partial charge >= 0.3 is 0 Å². The summed E-state index contributed by atoms with van der Waals surface area (Å²) >= 11 is 0. The monoisotopic (exact) mass is 511 g/mol. The van der Waals surface area contributed by atoms with Crippen LogP contribution < -0.4 is 15.4 Å². The van der Waals surface area contributed by atoms with Crippen LogP contribution >= 0.6 is 24.0 Å². The normalized spacial score (nSPS) is 14.8. The molecule has 1 aromatic carbocycles. The minimum absolute atomic E-state index is 0. The first-order valence-corrected chi connectivity index (χ1v) is 9.59. The number of guanidine groups is 1. The van der Waals surface area contributed by atoms with Crippen LogP contribution in [0, 0.1) is 0 Å². The lowest BCUT2D eigenvalue weighted by Gasteiger charge is -2.27. The number of hydrogen-bond donors (Lipinski definition) is 2. The molecule has 2 heterocycles. The smallest absolute Gasteiger partial charge is 0.213 e. The molecule has 0 saturated carbocycles. The summed E-state index contributed by atoms with van der Waals surface area (Å²) in [4.78, 5) is 10.9. The molecular weight excluding hydrogens is 481 g/mol. The highest BCUT2D eigenvalue weighted by Gasteiger charge is 2.12. The second-order valence-electron chi connectivity index (χ2n) is 6.64. The zero-order valence-electron chi connectivity index (χ0n) is 17.1. The molecule has 1 fully saturated rings. The number of aromatic nitrogens is 1. The highest BCUT2D eigenvalue weighted by molar-refractivity contribution is 14.0. The van der Waals surface area contributed by atoms with Gasteiger partial charge in [-0.2, -0.15) is 0 Å². The van der Waals surface area contributed by atoms with Crippen molar-refractivity contribution in [3.05, 3.63) is 59.3 Å². The van der Waals surface area contributed by atoms with E-state index in [4.69, 9.17) is 9.47 Å². The third-order valence-electron chi connectivity index (χ3n) is 4.75. The van der Waals surface area contributed by atoms with Gasteiger partial charge in [-0.1, -0.05) is 24.3 Å². The zero-order valence-corrected chi connectivity index (χ0v) is 19.4. The summed E-state index contributed by atoms with van der Waals surface area (Å²) in [5, 5.41) is 6.75. The van der Waals surface area contributed by atoms with E-state index in [1.54, 1.807) is 20.4 Å². The topological polar surface area (TPSA) is 71.0 Å². The molecule has 0 aliphatic carbocycles. The fourth-order valence-electron chi connectivity index (χ4n) is 3.14. The number of rotatable bonds is 7. The highest BCUT2D eigenvalue weighted by Crippen LogP contribution is 2.13. The molecular formula is C21H30IN5O2. The SMILES string of the molecule is CN=C(NCc1ccnc(OC)c1)NCc1ccccc1CN1CCOCC1.I.